The first-order valence-corrected chi connectivity index (χ1v) is 11.2. The van der Waals surface area contributed by atoms with Crippen LogP contribution in [0.25, 0.3) is 0 Å². The summed E-state index contributed by atoms with van der Waals surface area (Å²) in [5, 5.41) is 11.7. The summed E-state index contributed by atoms with van der Waals surface area (Å²) in [4.78, 5) is 11.1. The van der Waals surface area contributed by atoms with E-state index in [9.17, 15) is 5.11 Å². The first-order valence-electron chi connectivity index (χ1n) is 11.2. The fraction of sp³-hybridized carbons (Fsp3) is 0.385. The van der Waals surface area contributed by atoms with Crippen LogP contribution in [0, 0.1) is 11.8 Å². The summed E-state index contributed by atoms with van der Waals surface area (Å²) in [5.74, 6) is 1.35. The SMILES string of the molecule is OC1(c2cccnc2)[C@H]2CCC[C@H]1CN(Cc1cccc(OCc3ccccn3)c1)C2. The molecule has 2 atom stereocenters. The second kappa shape index (κ2) is 8.77. The molecule has 5 heteroatoms. The molecule has 2 aromatic heterocycles. The quantitative estimate of drug-likeness (QED) is 0.655. The zero-order valence-electron chi connectivity index (χ0n) is 17.7. The van der Waals surface area contributed by atoms with E-state index in [0.717, 1.165) is 49.5 Å². The van der Waals surface area contributed by atoms with Gasteiger partial charge in [-0.15, -0.1) is 0 Å². The maximum atomic E-state index is 11.7. The average Bonchev–Trinajstić information content (AvgIpc) is 2.80. The fourth-order valence-electron chi connectivity index (χ4n) is 5.38. The topological polar surface area (TPSA) is 58.5 Å². The number of likely N-dealkylation sites (tertiary alicyclic amines) is 1. The van der Waals surface area contributed by atoms with Gasteiger partial charge in [0.05, 0.1) is 11.3 Å². The summed E-state index contributed by atoms with van der Waals surface area (Å²) in [7, 11) is 0. The zero-order chi connectivity index (χ0) is 21.1. The molecule has 5 rings (SSSR count). The van der Waals surface area contributed by atoms with Crippen molar-refractivity contribution in [3.8, 4) is 5.75 Å². The molecule has 1 aromatic carbocycles. The molecule has 2 fully saturated rings. The normalized spacial score (nSPS) is 25.8. The van der Waals surface area contributed by atoms with Crippen LogP contribution in [-0.2, 0) is 18.8 Å². The van der Waals surface area contributed by atoms with Gasteiger partial charge in [-0.3, -0.25) is 14.9 Å². The number of hydrogen-bond acceptors (Lipinski definition) is 5. The van der Waals surface area contributed by atoms with Crippen LogP contribution in [0.15, 0.2) is 73.2 Å². The third-order valence-corrected chi connectivity index (χ3v) is 6.85. The molecule has 0 unspecified atom stereocenters. The Morgan fingerprint density at radius 2 is 1.87 bits per heavy atom. The summed E-state index contributed by atoms with van der Waals surface area (Å²) in [6, 6.07) is 18.2. The van der Waals surface area contributed by atoms with Gasteiger partial charge in [-0.25, -0.2) is 0 Å². The summed E-state index contributed by atoms with van der Waals surface area (Å²) < 4.78 is 5.96. The Labute approximate surface area is 183 Å². The van der Waals surface area contributed by atoms with Gasteiger partial charge in [0.15, 0.2) is 0 Å². The van der Waals surface area contributed by atoms with Gasteiger partial charge in [0.1, 0.15) is 12.4 Å². The minimum absolute atomic E-state index is 0.243. The van der Waals surface area contributed by atoms with Gasteiger partial charge in [0, 0.05) is 55.6 Å². The van der Waals surface area contributed by atoms with Crippen LogP contribution in [0.3, 0.4) is 0 Å². The lowest BCUT2D eigenvalue weighted by molar-refractivity contribution is -0.148. The van der Waals surface area contributed by atoms with E-state index in [1.54, 1.807) is 12.4 Å². The van der Waals surface area contributed by atoms with Crippen molar-refractivity contribution in [3.63, 3.8) is 0 Å². The smallest absolute Gasteiger partial charge is 0.130 e. The maximum Gasteiger partial charge on any atom is 0.130 e. The predicted molar refractivity (Wildman–Crippen MR) is 119 cm³/mol. The summed E-state index contributed by atoms with van der Waals surface area (Å²) in [6.07, 6.45) is 8.74. The maximum absolute atomic E-state index is 11.7. The molecule has 1 saturated carbocycles. The van der Waals surface area contributed by atoms with Gasteiger partial charge in [0.2, 0.25) is 0 Å². The lowest BCUT2D eigenvalue weighted by atomic mass is 9.63. The number of piperidine rings is 1. The van der Waals surface area contributed by atoms with Crippen LogP contribution in [0.1, 0.15) is 36.1 Å². The molecule has 31 heavy (non-hydrogen) atoms. The molecule has 1 N–H and O–H groups in total. The largest absolute Gasteiger partial charge is 0.487 e. The first-order chi connectivity index (χ1) is 15.2. The Morgan fingerprint density at radius 1 is 1.00 bits per heavy atom. The van der Waals surface area contributed by atoms with Crippen molar-refractivity contribution >= 4 is 0 Å². The molecule has 1 aliphatic heterocycles. The molecule has 2 aliphatic rings. The average molecular weight is 416 g/mol. The molecular formula is C26H29N3O2. The number of hydrogen-bond donors (Lipinski definition) is 1. The Balaban J connectivity index is 1.27. The van der Waals surface area contributed by atoms with E-state index in [2.05, 4.69) is 33.1 Å². The van der Waals surface area contributed by atoms with Crippen LogP contribution in [0.2, 0.25) is 0 Å². The number of aliphatic hydroxyl groups is 1. The molecule has 3 heterocycles. The second-order valence-electron chi connectivity index (χ2n) is 8.84. The van der Waals surface area contributed by atoms with Crippen molar-refractivity contribution in [3.05, 3.63) is 90.0 Å². The third kappa shape index (κ3) is 4.21. The van der Waals surface area contributed by atoms with E-state index in [1.807, 2.05) is 42.6 Å². The molecule has 2 bridgehead atoms. The van der Waals surface area contributed by atoms with Gasteiger partial charge in [-0.1, -0.05) is 30.7 Å². The van der Waals surface area contributed by atoms with E-state index in [0.29, 0.717) is 6.61 Å². The van der Waals surface area contributed by atoms with Crippen LogP contribution < -0.4 is 4.74 Å². The molecule has 0 radical (unpaired) electrons. The number of benzene rings is 1. The van der Waals surface area contributed by atoms with Gasteiger partial charge in [-0.2, -0.15) is 0 Å². The zero-order valence-corrected chi connectivity index (χ0v) is 17.7. The highest BCUT2D eigenvalue weighted by Gasteiger charge is 2.51. The number of nitrogens with zero attached hydrogens (tertiary/aromatic N) is 3. The molecule has 5 nitrogen and oxygen atoms in total. The molecule has 160 valence electrons. The van der Waals surface area contributed by atoms with E-state index in [4.69, 9.17) is 4.74 Å². The minimum atomic E-state index is -0.753. The number of aromatic nitrogens is 2. The number of pyridine rings is 2. The lowest BCUT2D eigenvalue weighted by Gasteiger charge is -2.53. The van der Waals surface area contributed by atoms with E-state index in [-0.39, 0.29) is 11.8 Å². The highest BCUT2D eigenvalue weighted by Crippen LogP contribution is 2.49. The van der Waals surface area contributed by atoms with Crippen LogP contribution in [0.4, 0.5) is 0 Å². The van der Waals surface area contributed by atoms with Crippen molar-refractivity contribution in [2.75, 3.05) is 13.1 Å². The molecule has 3 aromatic rings. The molecule has 1 aliphatic carbocycles. The number of ether oxygens (including phenoxy) is 1. The van der Waals surface area contributed by atoms with E-state index < -0.39 is 5.60 Å². The van der Waals surface area contributed by atoms with Crippen LogP contribution >= 0.6 is 0 Å². The Hall–Kier alpha value is -2.76. The summed E-state index contributed by atoms with van der Waals surface area (Å²) >= 11 is 0. The van der Waals surface area contributed by atoms with Crippen molar-refractivity contribution < 1.29 is 9.84 Å². The van der Waals surface area contributed by atoms with Crippen LogP contribution in [0.5, 0.6) is 5.75 Å². The van der Waals surface area contributed by atoms with Gasteiger partial charge < -0.3 is 9.84 Å². The molecule has 1 saturated heterocycles. The molecule has 0 amide bonds. The number of rotatable bonds is 6. The van der Waals surface area contributed by atoms with E-state index in [1.165, 1.54) is 12.0 Å². The summed E-state index contributed by atoms with van der Waals surface area (Å²) in [5.41, 5.74) is 2.39. The van der Waals surface area contributed by atoms with Crippen molar-refractivity contribution in [1.82, 2.24) is 14.9 Å². The fourth-order valence-corrected chi connectivity index (χ4v) is 5.38. The van der Waals surface area contributed by atoms with Gasteiger partial charge in [-0.05, 0) is 48.7 Å². The van der Waals surface area contributed by atoms with Crippen molar-refractivity contribution in [2.45, 2.75) is 38.0 Å². The van der Waals surface area contributed by atoms with Crippen LogP contribution in [-0.4, -0.2) is 33.1 Å². The summed E-state index contributed by atoms with van der Waals surface area (Å²) in [6.45, 7) is 3.15. The highest BCUT2D eigenvalue weighted by atomic mass is 16.5. The van der Waals surface area contributed by atoms with Gasteiger partial charge in [0.25, 0.3) is 0 Å². The molecule has 0 spiro atoms. The lowest BCUT2D eigenvalue weighted by Crippen LogP contribution is -2.57. The standard InChI is InChI=1S/C26H29N3O2/c30-26(21-9-5-12-27-15-21)22-7-4-8-23(26)18-29(17-22)16-20-6-3-11-25(14-20)31-19-24-10-1-2-13-28-24/h1-3,5-6,9-15,22-23,30H,4,7-8,16-19H2/t22-,23-/m0/s1. The second-order valence-corrected chi connectivity index (χ2v) is 8.84. The third-order valence-electron chi connectivity index (χ3n) is 6.85. The monoisotopic (exact) mass is 415 g/mol. The Morgan fingerprint density at radius 3 is 2.61 bits per heavy atom. The van der Waals surface area contributed by atoms with Crippen molar-refractivity contribution in [1.29, 1.82) is 0 Å². The number of fused-ring (bicyclic) bond motifs is 2. The van der Waals surface area contributed by atoms with Crippen molar-refractivity contribution in [2.24, 2.45) is 11.8 Å². The van der Waals surface area contributed by atoms with Gasteiger partial charge >= 0.3 is 0 Å². The Bertz CT molecular complexity index is 982. The Kier molecular flexibility index (Phi) is 5.70. The highest BCUT2D eigenvalue weighted by molar-refractivity contribution is 5.29. The molecular weight excluding hydrogens is 386 g/mol. The van der Waals surface area contributed by atoms with E-state index >= 15 is 0 Å². The first kappa shape index (κ1) is 20.2. The predicted octanol–water partition coefficient (Wildman–Crippen LogP) is 4.18. The minimum Gasteiger partial charge on any atom is -0.487 e.